The number of anilines is 6. The van der Waals surface area contributed by atoms with E-state index in [0.717, 1.165) is 60.2 Å². The molecule has 4 fully saturated rings. The fourth-order valence-corrected chi connectivity index (χ4v) is 12.6. The molecule has 3 atom stereocenters. The van der Waals surface area contributed by atoms with Crippen molar-refractivity contribution in [1.29, 1.82) is 0 Å². The van der Waals surface area contributed by atoms with Gasteiger partial charge in [-0.3, -0.25) is 29.6 Å². The summed E-state index contributed by atoms with van der Waals surface area (Å²) in [6, 6.07) is 14.1. The third-order valence-electron chi connectivity index (χ3n) is 14.4. The van der Waals surface area contributed by atoms with Gasteiger partial charge in [-0.2, -0.15) is 4.98 Å². The summed E-state index contributed by atoms with van der Waals surface area (Å²) in [4.78, 5) is 60.4. The molecule has 0 spiro atoms. The number of fused-ring (bicyclic) bond motifs is 1. The van der Waals surface area contributed by atoms with Crippen molar-refractivity contribution in [2.24, 2.45) is 5.92 Å². The number of aliphatic hydroxyl groups excluding tert-OH is 1. The highest BCUT2D eigenvalue weighted by molar-refractivity contribution is 9.10. The van der Waals surface area contributed by atoms with Crippen molar-refractivity contribution in [3.8, 4) is 5.75 Å². The van der Waals surface area contributed by atoms with E-state index in [4.69, 9.17) is 9.72 Å². The third kappa shape index (κ3) is 10.5. The van der Waals surface area contributed by atoms with Crippen LogP contribution in [0.1, 0.15) is 61.8 Å². The number of nitrogens with zero attached hydrogens (tertiary/aromatic N) is 7. The molecule has 3 aromatic carbocycles. The number of halogens is 3. The van der Waals surface area contributed by atoms with Crippen LogP contribution in [0.3, 0.4) is 0 Å². The van der Waals surface area contributed by atoms with Crippen molar-refractivity contribution in [2.75, 3.05) is 93.3 Å². The summed E-state index contributed by atoms with van der Waals surface area (Å²) in [5.41, 5.74) is 5.22. The predicted molar refractivity (Wildman–Crippen MR) is 275 cm³/mol. The summed E-state index contributed by atoms with van der Waals surface area (Å²) >= 11 is 3.60. The minimum absolute atomic E-state index is 0.00717. The second-order valence-corrected chi connectivity index (χ2v) is 23.3. The van der Waals surface area contributed by atoms with E-state index in [1.807, 2.05) is 31.2 Å². The van der Waals surface area contributed by atoms with Crippen LogP contribution in [-0.4, -0.2) is 133 Å². The number of carbonyl (C=O) groups excluding carboxylic acids is 3. The van der Waals surface area contributed by atoms with Gasteiger partial charge in [-0.05, 0) is 110 Å². The van der Waals surface area contributed by atoms with E-state index in [9.17, 15) is 24.1 Å². The summed E-state index contributed by atoms with van der Waals surface area (Å²) < 4.78 is 51.0. The molecule has 4 aliphatic heterocycles. The quantitative estimate of drug-likeness (QED) is 0.0686. The molecule has 0 bridgehead atoms. The summed E-state index contributed by atoms with van der Waals surface area (Å²) in [7, 11) is -1.12. The SMILES string of the molecule is CCc1cc(Nc2ncc(Br)c(Nc3ccc4nc(C)ccc4c3P(C)(C)=O)n2)c(OC)cc1N1CCC(N2CCN(C(=O)C3CCN(c4cc(F)c(C5CCC(=O)NC5=O)c(F)c4)C3)C(CO)C2)CC1. The molecule has 0 radical (unpaired) electrons. The number of benzene rings is 3. The second-order valence-electron chi connectivity index (χ2n) is 19.3. The largest absolute Gasteiger partial charge is 0.494 e. The molecule has 2 aromatic heterocycles. The van der Waals surface area contributed by atoms with Crippen molar-refractivity contribution in [3.63, 3.8) is 0 Å². The van der Waals surface area contributed by atoms with Crippen LogP contribution in [-0.2, 0) is 25.4 Å². The van der Waals surface area contributed by atoms with Crippen molar-refractivity contribution < 1.29 is 37.6 Å². The summed E-state index contributed by atoms with van der Waals surface area (Å²) in [6.07, 6.45) is 4.77. The van der Waals surface area contributed by atoms with Crippen LogP contribution < -0.4 is 35.8 Å². The lowest BCUT2D eigenvalue weighted by atomic mass is 9.89. The van der Waals surface area contributed by atoms with Crippen molar-refractivity contribution in [1.82, 2.24) is 30.1 Å². The molecule has 0 aliphatic carbocycles. The van der Waals surface area contributed by atoms with Crippen LogP contribution in [0.25, 0.3) is 10.9 Å². The lowest BCUT2D eigenvalue weighted by molar-refractivity contribution is -0.142. The number of imide groups is 1. The maximum absolute atomic E-state index is 15.4. The Balaban J connectivity index is 0.817. The number of hydrogen-bond acceptors (Lipinski definition) is 14. The Morgan fingerprint density at radius 2 is 1.68 bits per heavy atom. The fraction of sp³-hybridized carbons (Fsp3) is 0.451. The van der Waals surface area contributed by atoms with E-state index >= 15 is 8.78 Å². The lowest BCUT2D eigenvalue weighted by Crippen LogP contribution is -2.61. The average Bonchev–Trinajstić information content (AvgIpc) is 3.85. The highest BCUT2D eigenvalue weighted by Gasteiger charge is 2.40. The molecule has 20 heteroatoms. The number of ether oxygens (including phenoxy) is 1. The molecule has 3 amide bonds. The first kappa shape index (κ1) is 50.2. The summed E-state index contributed by atoms with van der Waals surface area (Å²) in [5, 5.41) is 21.1. The third-order valence-corrected chi connectivity index (χ3v) is 16.6. The Kier molecular flexibility index (Phi) is 14.7. The monoisotopic (exact) mass is 1060 g/mol. The number of methoxy groups -OCH3 is 1. The molecule has 16 nitrogen and oxygen atoms in total. The van der Waals surface area contributed by atoms with Crippen LogP contribution in [0.5, 0.6) is 5.75 Å². The Hall–Kier alpha value is -5.75. The Morgan fingerprint density at radius 3 is 2.37 bits per heavy atom. The molecule has 376 valence electrons. The molecule has 6 heterocycles. The minimum atomic E-state index is -2.76. The van der Waals surface area contributed by atoms with Gasteiger partial charge in [0, 0.05) is 104 Å². The van der Waals surface area contributed by atoms with Gasteiger partial charge >= 0.3 is 0 Å². The number of hydrogen-bond donors (Lipinski definition) is 4. The van der Waals surface area contributed by atoms with Gasteiger partial charge in [0.1, 0.15) is 30.3 Å². The van der Waals surface area contributed by atoms with Crippen LogP contribution in [0.4, 0.5) is 43.3 Å². The molecule has 4 N–H and O–H groups in total. The minimum Gasteiger partial charge on any atom is -0.494 e. The zero-order valence-electron chi connectivity index (χ0n) is 40.6. The smallest absolute Gasteiger partial charge is 0.234 e. The number of nitrogens with one attached hydrogen (secondary N) is 3. The van der Waals surface area contributed by atoms with Gasteiger partial charge < -0.3 is 39.7 Å². The van der Waals surface area contributed by atoms with Gasteiger partial charge in [-0.25, -0.2) is 13.8 Å². The topological polar surface area (TPSA) is 185 Å². The number of aromatic nitrogens is 3. The van der Waals surface area contributed by atoms with E-state index in [1.54, 1.807) is 36.4 Å². The molecule has 4 aliphatic rings. The van der Waals surface area contributed by atoms with E-state index < -0.39 is 42.4 Å². The number of aliphatic hydroxyl groups is 1. The number of piperidine rings is 2. The summed E-state index contributed by atoms with van der Waals surface area (Å²) in [5.74, 6) is -2.96. The average molecular weight is 1060 g/mol. The molecule has 0 saturated carbocycles. The molecular formula is C51H60BrF2N10O6P. The molecule has 4 saturated heterocycles. The van der Waals surface area contributed by atoms with Gasteiger partial charge in [0.2, 0.25) is 23.7 Å². The summed E-state index contributed by atoms with van der Waals surface area (Å²) in [6.45, 7) is 11.4. The van der Waals surface area contributed by atoms with E-state index in [0.29, 0.717) is 77.0 Å². The van der Waals surface area contributed by atoms with Gasteiger partial charge in [-0.1, -0.05) is 13.0 Å². The van der Waals surface area contributed by atoms with Crippen molar-refractivity contribution in [3.05, 3.63) is 87.7 Å². The zero-order chi connectivity index (χ0) is 50.3. The van der Waals surface area contributed by atoms with Crippen LogP contribution in [0, 0.1) is 24.5 Å². The lowest BCUT2D eigenvalue weighted by Gasteiger charge is -2.47. The highest BCUT2D eigenvalue weighted by Crippen LogP contribution is 2.43. The van der Waals surface area contributed by atoms with Gasteiger partial charge in [0.05, 0.1) is 53.0 Å². The number of pyridine rings is 1. The molecule has 9 rings (SSSR count). The Labute approximate surface area is 420 Å². The van der Waals surface area contributed by atoms with Crippen LogP contribution in [0.15, 0.2) is 59.2 Å². The van der Waals surface area contributed by atoms with E-state index in [-0.39, 0.29) is 49.5 Å². The fourth-order valence-electron chi connectivity index (χ4n) is 10.8. The second kappa shape index (κ2) is 20.8. The number of amides is 3. The molecular weight excluding hydrogens is 997 g/mol. The Bertz CT molecular complexity index is 2910. The van der Waals surface area contributed by atoms with Gasteiger partial charge in [-0.15, -0.1) is 0 Å². The first-order valence-corrected chi connectivity index (χ1v) is 27.6. The highest BCUT2D eigenvalue weighted by atomic mass is 79.9. The maximum atomic E-state index is 15.4. The Morgan fingerprint density at radius 1 is 0.930 bits per heavy atom. The number of rotatable bonds is 13. The number of aryl methyl sites for hydroxylation is 2. The normalized spacial score (nSPS) is 20.4. The maximum Gasteiger partial charge on any atom is 0.234 e. The van der Waals surface area contributed by atoms with Crippen molar-refractivity contribution >= 4 is 91.5 Å². The van der Waals surface area contributed by atoms with Gasteiger partial charge in [0.15, 0.2) is 0 Å². The predicted octanol–water partition coefficient (Wildman–Crippen LogP) is 7.20. The first-order chi connectivity index (χ1) is 34.0. The zero-order valence-corrected chi connectivity index (χ0v) is 43.1. The molecule has 3 unspecified atom stereocenters. The number of piperazine rings is 1. The van der Waals surface area contributed by atoms with Crippen LogP contribution >= 0.6 is 23.1 Å². The van der Waals surface area contributed by atoms with E-state index in [1.165, 1.54) is 12.1 Å². The molecule has 5 aromatic rings. The van der Waals surface area contributed by atoms with Gasteiger partial charge in [0.25, 0.3) is 0 Å². The standard InChI is InChI=1S/C51H60BrF2N10O6P/c1-6-30-21-42(58-51-55-25-37(52)48(60-51)57-41-11-10-40-35(8-7-29(2)56-40)47(41)71(4,5)69)44(70-3)24-43(30)61-17-14-32(15-18-61)63-19-20-64(34(27-63)28-65)50(68)31-13-16-62(26-31)33-22-38(53)46(39(54)23-33)36-9-12-45(66)59-49(36)67/h7-8,10-11,21-25,31-32,34,36,65H,6,9,12-20,26-28H2,1-5H3,(H,59,66,67)(H2,55,57,58,60). The molecule has 71 heavy (non-hydrogen) atoms. The van der Waals surface area contributed by atoms with Crippen molar-refractivity contribution in [2.45, 2.75) is 70.4 Å². The van der Waals surface area contributed by atoms with Crippen LogP contribution in [0.2, 0.25) is 0 Å². The number of carbonyl (C=O) groups is 3. The van der Waals surface area contributed by atoms with E-state index in [2.05, 4.69) is 70.7 Å². The first-order valence-electron chi connectivity index (χ1n) is 24.2.